The minimum absolute atomic E-state index is 0.0200. The first-order chi connectivity index (χ1) is 13.7. The van der Waals surface area contributed by atoms with Crippen molar-refractivity contribution in [3.8, 4) is 17.0 Å². The van der Waals surface area contributed by atoms with Gasteiger partial charge in [-0.2, -0.15) is 5.10 Å². The number of H-pyrrole nitrogens is 1. The summed E-state index contributed by atoms with van der Waals surface area (Å²) in [7, 11) is 1.66. The quantitative estimate of drug-likeness (QED) is 0.715. The Hall–Kier alpha value is -3.28. The topological polar surface area (TPSA) is 70.2 Å². The maximum Gasteiger partial charge on any atom is 0.251 e. The number of nitrogens with zero attached hydrogens (tertiary/aromatic N) is 2. The van der Waals surface area contributed by atoms with Crippen molar-refractivity contribution in [1.82, 2.24) is 15.5 Å². The van der Waals surface area contributed by atoms with Crippen LogP contribution in [0.15, 0.2) is 60.7 Å². The van der Waals surface area contributed by atoms with Gasteiger partial charge < -0.3 is 15.0 Å². The Kier molecular flexibility index (Phi) is 5.28. The molecule has 3 aromatic rings. The third kappa shape index (κ3) is 4.01. The molecule has 1 amide bonds. The van der Waals surface area contributed by atoms with Gasteiger partial charge in [0.15, 0.2) is 5.82 Å². The van der Waals surface area contributed by atoms with E-state index in [-0.39, 0.29) is 11.9 Å². The highest BCUT2D eigenvalue weighted by molar-refractivity contribution is 5.94. The lowest BCUT2D eigenvalue weighted by atomic mass is 10.0. The first-order valence-corrected chi connectivity index (χ1v) is 9.53. The molecule has 4 rings (SSSR count). The van der Waals surface area contributed by atoms with Crippen molar-refractivity contribution < 1.29 is 9.53 Å². The number of carbonyl (C=O) groups excluding carboxylic acids is 1. The zero-order chi connectivity index (χ0) is 19.3. The Morgan fingerprint density at radius 3 is 2.71 bits per heavy atom. The van der Waals surface area contributed by atoms with Gasteiger partial charge in [0, 0.05) is 30.8 Å². The van der Waals surface area contributed by atoms with Crippen molar-refractivity contribution in [2.24, 2.45) is 0 Å². The lowest BCUT2D eigenvalue weighted by Crippen LogP contribution is -2.48. The summed E-state index contributed by atoms with van der Waals surface area (Å²) < 4.78 is 5.21. The molecule has 1 fully saturated rings. The molecule has 1 saturated heterocycles. The van der Waals surface area contributed by atoms with Gasteiger partial charge in [-0.25, -0.2) is 0 Å². The number of rotatable bonds is 5. The van der Waals surface area contributed by atoms with E-state index in [1.54, 1.807) is 7.11 Å². The molecule has 0 unspecified atom stereocenters. The van der Waals surface area contributed by atoms with Crippen LogP contribution in [0.4, 0.5) is 5.82 Å². The van der Waals surface area contributed by atoms with E-state index in [0.717, 1.165) is 48.8 Å². The van der Waals surface area contributed by atoms with Crippen molar-refractivity contribution in [1.29, 1.82) is 0 Å². The van der Waals surface area contributed by atoms with Crippen LogP contribution in [0.25, 0.3) is 11.3 Å². The van der Waals surface area contributed by atoms with Crippen molar-refractivity contribution in [2.45, 2.75) is 18.9 Å². The van der Waals surface area contributed by atoms with Crippen LogP contribution in [-0.4, -0.2) is 42.3 Å². The minimum Gasteiger partial charge on any atom is -0.497 e. The fraction of sp³-hybridized carbons (Fsp3) is 0.273. The third-order valence-corrected chi connectivity index (χ3v) is 5.08. The molecule has 0 aliphatic carbocycles. The van der Waals surface area contributed by atoms with Gasteiger partial charge in [-0.15, -0.1) is 0 Å². The van der Waals surface area contributed by atoms with E-state index >= 15 is 0 Å². The van der Waals surface area contributed by atoms with E-state index in [0.29, 0.717) is 5.56 Å². The van der Waals surface area contributed by atoms with Gasteiger partial charge in [0.1, 0.15) is 5.75 Å². The number of hydrogen-bond donors (Lipinski definition) is 2. The number of ether oxygens (including phenoxy) is 1. The van der Waals surface area contributed by atoms with Gasteiger partial charge in [0.2, 0.25) is 0 Å². The fourth-order valence-corrected chi connectivity index (χ4v) is 3.55. The van der Waals surface area contributed by atoms with E-state index in [4.69, 9.17) is 4.74 Å². The number of nitrogens with one attached hydrogen (secondary N) is 2. The molecule has 0 spiro atoms. The van der Waals surface area contributed by atoms with Gasteiger partial charge in [0.25, 0.3) is 5.91 Å². The Balaban J connectivity index is 1.42. The van der Waals surface area contributed by atoms with Crippen molar-refractivity contribution >= 4 is 11.7 Å². The average molecular weight is 376 g/mol. The Labute approximate surface area is 164 Å². The van der Waals surface area contributed by atoms with Gasteiger partial charge >= 0.3 is 0 Å². The molecule has 2 aromatic carbocycles. The van der Waals surface area contributed by atoms with Crippen LogP contribution in [0, 0.1) is 0 Å². The molecule has 2 heterocycles. The van der Waals surface area contributed by atoms with Crippen LogP contribution in [0.5, 0.6) is 5.75 Å². The monoisotopic (exact) mass is 376 g/mol. The summed E-state index contributed by atoms with van der Waals surface area (Å²) in [6.45, 7) is 1.69. The van der Waals surface area contributed by atoms with E-state index in [9.17, 15) is 4.79 Å². The maximum atomic E-state index is 12.4. The summed E-state index contributed by atoms with van der Waals surface area (Å²) in [5.41, 5.74) is 2.72. The zero-order valence-electron chi connectivity index (χ0n) is 15.9. The van der Waals surface area contributed by atoms with Crippen LogP contribution < -0.4 is 15.0 Å². The zero-order valence-corrected chi connectivity index (χ0v) is 15.9. The number of benzene rings is 2. The number of methoxy groups -OCH3 is 1. The molecule has 1 atom stereocenters. The number of aromatic amines is 1. The molecular weight excluding hydrogens is 352 g/mol. The van der Waals surface area contributed by atoms with Crippen molar-refractivity contribution in [2.75, 3.05) is 25.1 Å². The molecule has 1 aromatic heterocycles. The number of carbonyl (C=O) groups is 1. The van der Waals surface area contributed by atoms with E-state index in [2.05, 4.69) is 26.5 Å². The molecule has 0 saturated carbocycles. The Morgan fingerprint density at radius 1 is 1.18 bits per heavy atom. The normalized spacial score (nSPS) is 16.6. The first kappa shape index (κ1) is 18.1. The van der Waals surface area contributed by atoms with E-state index in [1.807, 2.05) is 54.6 Å². The largest absolute Gasteiger partial charge is 0.497 e. The second-order valence-corrected chi connectivity index (χ2v) is 6.99. The van der Waals surface area contributed by atoms with Crippen molar-refractivity contribution in [3.05, 3.63) is 66.2 Å². The molecule has 144 valence electrons. The number of hydrogen-bond acceptors (Lipinski definition) is 4. The fourth-order valence-electron chi connectivity index (χ4n) is 3.55. The lowest BCUT2D eigenvalue weighted by Gasteiger charge is -2.33. The van der Waals surface area contributed by atoms with Crippen LogP contribution in [-0.2, 0) is 0 Å². The predicted molar refractivity (Wildman–Crippen MR) is 110 cm³/mol. The summed E-state index contributed by atoms with van der Waals surface area (Å²) in [4.78, 5) is 14.7. The molecule has 28 heavy (non-hydrogen) atoms. The first-order valence-electron chi connectivity index (χ1n) is 9.53. The molecule has 6 nitrogen and oxygen atoms in total. The highest BCUT2D eigenvalue weighted by Gasteiger charge is 2.23. The van der Waals surface area contributed by atoms with Gasteiger partial charge in [-0.05, 0) is 54.8 Å². The molecule has 0 bridgehead atoms. The molecular formula is C22H24N4O2. The lowest BCUT2D eigenvalue weighted by molar-refractivity contribution is 0.0933. The molecule has 1 aliphatic rings. The Morgan fingerprint density at radius 2 is 1.96 bits per heavy atom. The van der Waals surface area contributed by atoms with Crippen LogP contribution in [0.3, 0.4) is 0 Å². The molecule has 2 N–H and O–H groups in total. The second-order valence-electron chi connectivity index (χ2n) is 6.99. The summed E-state index contributed by atoms with van der Waals surface area (Å²) in [5.74, 6) is 1.72. The number of anilines is 1. The number of aromatic nitrogens is 2. The Bertz CT molecular complexity index is 921. The highest BCUT2D eigenvalue weighted by atomic mass is 16.5. The third-order valence-electron chi connectivity index (χ3n) is 5.08. The van der Waals surface area contributed by atoms with Crippen LogP contribution in [0.1, 0.15) is 23.2 Å². The summed E-state index contributed by atoms with van der Waals surface area (Å²) in [6, 6.07) is 19.4. The number of piperidine rings is 1. The molecule has 6 heteroatoms. The van der Waals surface area contributed by atoms with Gasteiger partial charge in [0.05, 0.1) is 12.8 Å². The summed E-state index contributed by atoms with van der Waals surface area (Å²) in [6.07, 6.45) is 2.00. The van der Waals surface area contributed by atoms with Gasteiger partial charge in [-0.1, -0.05) is 18.2 Å². The number of amides is 1. The van der Waals surface area contributed by atoms with E-state index < -0.39 is 0 Å². The molecule has 0 radical (unpaired) electrons. The molecule has 1 aliphatic heterocycles. The predicted octanol–water partition coefficient (Wildman–Crippen LogP) is 3.48. The maximum absolute atomic E-state index is 12.4. The SMILES string of the molecule is COc1ccc(-c2cc(N3CCC[C@H](NC(=O)c4ccccc4)C3)n[nH]2)cc1. The summed E-state index contributed by atoms with van der Waals surface area (Å²) >= 11 is 0. The van der Waals surface area contributed by atoms with E-state index in [1.165, 1.54) is 0 Å². The van der Waals surface area contributed by atoms with Crippen LogP contribution >= 0.6 is 0 Å². The van der Waals surface area contributed by atoms with Crippen LogP contribution in [0.2, 0.25) is 0 Å². The standard InChI is InChI=1S/C22H24N4O2/c1-28-19-11-9-16(10-12-19)20-14-21(25-24-20)26-13-5-8-18(15-26)23-22(27)17-6-3-2-4-7-17/h2-4,6-7,9-12,14,18H,5,8,13,15H2,1H3,(H,23,27)(H,24,25)/t18-/m0/s1. The van der Waals surface area contributed by atoms with Gasteiger partial charge in [-0.3, -0.25) is 9.89 Å². The highest BCUT2D eigenvalue weighted by Crippen LogP contribution is 2.25. The minimum atomic E-state index is -0.0200. The smallest absolute Gasteiger partial charge is 0.251 e. The summed E-state index contributed by atoms with van der Waals surface area (Å²) in [5, 5.41) is 10.8. The average Bonchev–Trinajstić information content (AvgIpc) is 3.25. The second kappa shape index (κ2) is 8.17. The van der Waals surface area contributed by atoms with Crippen molar-refractivity contribution in [3.63, 3.8) is 0 Å².